The Bertz CT molecular complexity index is 640. The first-order valence-corrected chi connectivity index (χ1v) is 8.27. The molecular formula is C20H23NO3. The summed E-state index contributed by atoms with van der Waals surface area (Å²) in [5, 5.41) is 2.79. The predicted molar refractivity (Wildman–Crippen MR) is 93.7 cm³/mol. The largest absolute Gasteiger partial charge is 0.464 e. The van der Waals surface area contributed by atoms with Gasteiger partial charge in [-0.25, -0.2) is 4.79 Å². The van der Waals surface area contributed by atoms with Gasteiger partial charge >= 0.3 is 5.97 Å². The standard InChI is InChI=1S/C20H23NO3/c1-2-3-14-24-20(23)18(15-16-10-6-4-7-11-16)21-19(22)17-12-8-5-9-13-17/h4-13,18H,2-3,14-15H2,1H3,(H,21,22)/t18-/m1/s1. The number of unbranched alkanes of at least 4 members (excludes halogenated alkanes) is 1. The van der Waals surface area contributed by atoms with Crippen LogP contribution in [0.2, 0.25) is 0 Å². The van der Waals surface area contributed by atoms with E-state index in [1.807, 2.05) is 43.3 Å². The second-order valence-electron chi connectivity index (χ2n) is 5.60. The molecule has 0 aliphatic rings. The number of hydrogen-bond donors (Lipinski definition) is 1. The molecular weight excluding hydrogens is 302 g/mol. The van der Waals surface area contributed by atoms with Gasteiger partial charge in [-0.1, -0.05) is 61.9 Å². The van der Waals surface area contributed by atoms with E-state index >= 15 is 0 Å². The molecule has 2 aromatic rings. The predicted octanol–water partition coefficient (Wildman–Crippen LogP) is 3.37. The van der Waals surface area contributed by atoms with E-state index in [0.29, 0.717) is 18.6 Å². The van der Waals surface area contributed by atoms with Gasteiger partial charge in [-0.2, -0.15) is 0 Å². The summed E-state index contributed by atoms with van der Waals surface area (Å²) in [5.74, 6) is -0.666. The van der Waals surface area contributed by atoms with Crippen molar-refractivity contribution >= 4 is 11.9 Å². The number of benzene rings is 2. The number of rotatable bonds is 8. The molecule has 24 heavy (non-hydrogen) atoms. The van der Waals surface area contributed by atoms with E-state index in [2.05, 4.69) is 5.32 Å². The fraction of sp³-hybridized carbons (Fsp3) is 0.300. The first kappa shape index (κ1) is 17.7. The molecule has 0 aromatic heterocycles. The molecule has 1 N–H and O–H groups in total. The molecule has 0 saturated heterocycles. The van der Waals surface area contributed by atoms with Crippen molar-refractivity contribution in [2.75, 3.05) is 6.61 Å². The van der Waals surface area contributed by atoms with Crippen LogP contribution in [0.1, 0.15) is 35.7 Å². The Kier molecular flexibility index (Phi) is 7.02. The van der Waals surface area contributed by atoms with E-state index in [0.717, 1.165) is 18.4 Å². The zero-order valence-corrected chi connectivity index (χ0v) is 13.9. The lowest BCUT2D eigenvalue weighted by Crippen LogP contribution is -2.43. The minimum absolute atomic E-state index is 0.274. The smallest absolute Gasteiger partial charge is 0.328 e. The van der Waals surface area contributed by atoms with Crippen molar-refractivity contribution in [2.45, 2.75) is 32.2 Å². The number of amides is 1. The first-order chi connectivity index (χ1) is 11.7. The van der Waals surface area contributed by atoms with Gasteiger partial charge in [0.25, 0.3) is 5.91 Å². The zero-order valence-electron chi connectivity index (χ0n) is 13.9. The average molecular weight is 325 g/mol. The van der Waals surface area contributed by atoms with Gasteiger partial charge in [0.15, 0.2) is 0 Å². The van der Waals surface area contributed by atoms with Crippen LogP contribution in [0, 0.1) is 0 Å². The molecule has 0 radical (unpaired) electrons. The van der Waals surface area contributed by atoms with Crippen LogP contribution < -0.4 is 5.32 Å². The summed E-state index contributed by atoms with van der Waals surface area (Å²) in [6.07, 6.45) is 2.17. The van der Waals surface area contributed by atoms with Crippen molar-refractivity contribution < 1.29 is 14.3 Å². The van der Waals surface area contributed by atoms with Crippen molar-refractivity contribution in [2.24, 2.45) is 0 Å². The van der Waals surface area contributed by atoms with Crippen molar-refractivity contribution in [1.82, 2.24) is 5.32 Å². The summed E-state index contributed by atoms with van der Waals surface area (Å²) >= 11 is 0. The van der Waals surface area contributed by atoms with E-state index < -0.39 is 12.0 Å². The van der Waals surface area contributed by atoms with Gasteiger partial charge in [0.2, 0.25) is 0 Å². The number of ether oxygens (including phenoxy) is 1. The quantitative estimate of drug-likeness (QED) is 0.598. The fourth-order valence-corrected chi connectivity index (χ4v) is 2.29. The highest BCUT2D eigenvalue weighted by atomic mass is 16.5. The summed E-state index contributed by atoms with van der Waals surface area (Å²) in [4.78, 5) is 24.7. The SMILES string of the molecule is CCCCOC(=O)[C@@H](Cc1ccccc1)NC(=O)c1ccccc1. The van der Waals surface area contributed by atoms with Crippen LogP contribution in [0.4, 0.5) is 0 Å². The van der Waals surface area contributed by atoms with Crippen LogP contribution in [0.5, 0.6) is 0 Å². The monoisotopic (exact) mass is 325 g/mol. The van der Waals surface area contributed by atoms with Gasteiger partial charge in [0.05, 0.1) is 6.61 Å². The first-order valence-electron chi connectivity index (χ1n) is 8.27. The van der Waals surface area contributed by atoms with Crippen LogP contribution in [0.3, 0.4) is 0 Å². The van der Waals surface area contributed by atoms with Crippen LogP contribution >= 0.6 is 0 Å². The molecule has 0 unspecified atom stereocenters. The average Bonchev–Trinajstić information content (AvgIpc) is 2.63. The summed E-state index contributed by atoms with van der Waals surface area (Å²) < 4.78 is 5.30. The van der Waals surface area contributed by atoms with E-state index in [-0.39, 0.29) is 5.91 Å². The molecule has 2 rings (SSSR count). The lowest BCUT2D eigenvalue weighted by Gasteiger charge is -2.18. The van der Waals surface area contributed by atoms with Crippen LogP contribution in [-0.4, -0.2) is 24.5 Å². The maximum Gasteiger partial charge on any atom is 0.328 e. The molecule has 4 heteroatoms. The summed E-state index contributed by atoms with van der Waals surface area (Å²) in [6, 6.07) is 17.8. The van der Waals surface area contributed by atoms with Crippen LogP contribution in [-0.2, 0) is 16.0 Å². The molecule has 0 aliphatic heterocycles. The van der Waals surface area contributed by atoms with Gasteiger partial charge in [-0.05, 0) is 24.1 Å². The molecule has 0 saturated carbocycles. The Morgan fingerprint density at radius 1 is 1.00 bits per heavy atom. The van der Waals surface area contributed by atoms with Crippen LogP contribution in [0.15, 0.2) is 60.7 Å². The Hall–Kier alpha value is -2.62. The third-order valence-electron chi connectivity index (χ3n) is 3.65. The van der Waals surface area contributed by atoms with Crippen molar-refractivity contribution in [1.29, 1.82) is 0 Å². The van der Waals surface area contributed by atoms with Gasteiger partial charge in [0.1, 0.15) is 6.04 Å². The minimum Gasteiger partial charge on any atom is -0.464 e. The Labute approximate surface area is 142 Å². The van der Waals surface area contributed by atoms with Gasteiger partial charge in [-0.15, -0.1) is 0 Å². The number of carbonyl (C=O) groups is 2. The molecule has 0 fully saturated rings. The topological polar surface area (TPSA) is 55.4 Å². The van der Waals surface area contributed by atoms with Gasteiger partial charge < -0.3 is 10.1 Å². The lowest BCUT2D eigenvalue weighted by atomic mass is 10.1. The Morgan fingerprint density at radius 2 is 1.62 bits per heavy atom. The highest BCUT2D eigenvalue weighted by Gasteiger charge is 2.23. The van der Waals surface area contributed by atoms with Crippen LogP contribution in [0.25, 0.3) is 0 Å². The normalized spacial score (nSPS) is 11.5. The molecule has 1 amide bonds. The second kappa shape index (κ2) is 9.50. The van der Waals surface area contributed by atoms with E-state index in [1.165, 1.54) is 0 Å². The molecule has 4 nitrogen and oxygen atoms in total. The highest BCUT2D eigenvalue weighted by molar-refractivity contribution is 5.96. The molecule has 1 atom stereocenters. The minimum atomic E-state index is -0.697. The number of carbonyl (C=O) groups excluding carboxylic acids is 2. The maximum absolute atomic E-state index is 12.4. The van der Waals surface area contributed by atoms with E-state index in [1.54, 1.807) is 24.3 Å². The molecule has 0 bridgehead atoms. The highest BCUT2D eigenvalue weighted by Crippen LogP contribution is 2.07. The number of esters is 1. The summed E-state index contributed by atoms with van der Waals surface area (Å²) in [5.41, 5.74) is 1.50. The van der Waals surface area contributed by atoms with Crippen molar-refractivity contribution in [3.05, 3.63) is 71.8 Å². The second-order valence-corrected chi connectivity index (χ2v) is 5.60. The zero-order chi connectivity index (χ0) is 17.2. The molecule has 126 valence electrons. The number of hydrogen-bond acceptors (Lipinski definition) is 3. The summed E-state index contributed by atoms with van der Waals surface area (Å²) in [7, 11) is 0. The maximum atomic E-state index is 12.4. The molecule has 0 aliphatic carbocycles. The summed E-state index contributed by atoms with van der Waals surface area (Å²) in [6.45, 7) is 2.41. The molecule has 0 spiro atoms. The third kappa shape index (κ3) is 5.54. The Balaban J connectivity index is 2.06. The molecule has 2 aromatic carbocycles. The van der Waals surface area contributed by atoms with Gasteiger partial charge in [0, 0.05) is 12.0 Å². The number of nitrogens with one attached hydrogen (secondary N) is 1. The van der Waals surface area contributed by atoms with Crippen molar-refractivity contribution in [3.8, 4) is 0 Å². The van der Waals surface area contributed by atoms with Crippen molar-refractivity contribution in [3.63, 3.8) is 0 Å². The van der Waals surface area contributed by atoms with E-state index in [9.17, 15) is 9.59 Å². The van der Waals surface area contributed by atoms with E-state index in [4.69, 9.17) is 4.74 Å². The molecule has 0 heterocycles. The Morgan fingerprint density at radius 3 is 2.25 bits per heavy atom. The third-order valence-corrected chi connectivity index (χ3v) is 3.65. The fourth-order valence-electron chi connectivity index (χ4n) is 2.29. The van der Waals surface area contributed by atoms with Gasteiger partial charge in [-0.3, -0.25) is 4.79 Å². The lowest BCUT2D eigenvalue weighted by molar-refractivity contribution is -0.146.